The van der Waals surface area contributed by atoms with Gasteiger partial charge < -0.3 is 8.85 Å². The highest BCUT2D eigenvalue weighted by molar-refractivity contribution is 9.09. The van der Waals surface area contributed by atoms with Crippen LogP contribution in [0.2, 0.25) is 0 Å². The standard InChI is InChI=1S/C3H7Br.C2H8O2Si/c1-2-3-4;1-3-5-4-2/h2-3H2,1H3;5H2,1-2H3. The summed E-state index contributed by atoms with van der Waals surface area (Å²) >= 11 is 3.25. The molecule has 0 rings (SSSR count). The lowest BCUT2D eigenvalue weighted by molar-refractivity contribution is 0.309. The fraction of sp³-hybridized carbons (Fsp3) is 1.00. The molecule has 0 amide bonds. The third kappa shape index (κ3) is 28.8. The highest BCUT2D eigenvalue weighted by Crippen LogP contribution is 1.80. The third-order valence-electron chi connectivity index (χ3n) is 0.425. The predicted octanol–water partition coefficient (Wildman–Crippen LogP) is 1.07. The maximum atomic E-state index is 4.61. The van der Waals surface area contributed by atoms with Crippen LogP contribution in [0.15, 0.2) is 0 Å². The molecular formula is C5H15BrO2Si. The summed E-state index contributed by atoms with van der Waals surface area (Å²) in [5.74, 6) is 0. The summed E-state index contributed by atoms with van der Waals surface area (Å²) in [6.07, 6.45) is 1.24. The van der Waals surface area contributed by atoms with Gasteiger partial charge in [-0.1, -0.05) is 22.9 Å². The van der Waals surface area contributed by atoms with E-state index < -0.39 is 10.0 Å². The summed E-state index contributed by atoms with van der Waals surface area (Å²) < 4.78 is 9.22. The van der Waals surface area contributed by atoms with Crippen LogP contribution in [0.4, 0.5) is 0 Å². The van der Waals surface area contributed by atoms with E-state index in [4.69, 9.17) is 0 Å². The summed E-state index contributed by atoms with van der Waals surface area (Å²) in [4.78, 5) is 0. The van der Waals surface area contributed by atoms with Gasteiger partial charge in [0.15, 0.2) is 0 Å². The first-order chi connectivity index (χ1) is 4.33. The van der Waals surface area contributed by atoms with Crippen LogP contribution in [0, 0.1) is 0 Å². The van der Waals surface area contributed by atoms with Crippen molar-refractivity contribution in [1.82, 2.24) is 0 Å². The highest BCUT2D eigenvalue weighted by Gasteiger charge is 1.67. The zero-order chi connectivity index (χ0) is 7.54. The average Bonchev–Trinajstić information content (AvgIpc) is 1.91. The van der Waals surface area contributed by atoms with Gasteiger partial charge in [-0.15, -0.1) is 0 Å². The van der Waals surface area contributed by atoms with E-state index in [1.807, 2.05) is 0 Å². The molecule has 0 aliphatic rings. The maximum Gasteiger partial charge on any atom is 0.303 e. The first-order valence-electron chi connectivity index (χ1n) is 2.87. The minimum atomic E-state index is -0.568. The van der Waals surface area contributed by atoms with E-state index in [1.54, 1.807) is 14.2 Å². The minimum Gasteiger partial charge on any atom is -0.402 e. The summed E-state index contributed by atoms with van der Waals surface area (Å²) in [7, 11) is 2.73. The zero-order valence-electron chi connectivity index (χ0n) is 6.32. The molecule has 4 heteroatoms. The Labute approximate surface area is 68.1 Å². The minimum absolute atomic E-state index is 0.568. The molecule has 0 radical (unpaired) electrons. The van der Waals surface area contributed by atoms with Crippen molar-refractivity contribution in [2.75, 3.05) is 19.5 Å². The SMILES string of the molecule is CCCBr.CO[SiH2]OC. The smallest absolute Gasteiger partial charge is 0.303 e. The molecule has 0 heterocycles. The molecule has 0 aliphatic heterocycles. The topological polar surface area (TPSA) is 18.5 Å². The normalized spacial score (nSPS) is 8.00. The molecule has 9 heavy (non-hydrogen) atoms. The summed E-state index contributed by atoms with van der Waals surface area (Å²) in [5, 5.41) is 1.13. The highest BCUT2D eigenvalue weighted by atomic mass is 79.9. The first kappa shape index (κ1) is 12.3. The van der Waals surface area contributed by atoms with E-state index in [-0.39, 0.29) is 0 Å². The van der Waals surface area contributed by atoms with Crippen LogP contribution in [0.25, 0.3) is 0 Å². The number of hydrogen-bond acceptors (Lipinski definition) is 2. The monoisotopic (exact) mass is 214 g/mol. The Morgan fingerprint density at radius 2 is 1.67 bits per heavy atom. The molecule has 0 fully saturated rings. The molecule has 0 bridgehead atoms. The molecule has 0 aromatic rings. The molecule has 2 nitrogen and oxygen atoms in total. The first-order valence-corrected chi connectivity index (χ1v) is 5.14. The molecule has 0 aliphatic carbocycles. The molecule has 0 aromatic heterocycles. The van der Waals surface area contributed by atoms with Gasteiger partial charge in [0.05, 0.1) is 0 Å². The molecule has 0 aromatic carbocycles. The van der Waals surface area contributed by atoms with Crippen LogP contribution < -0.4 is 0 Å². The van der Waals surface area contributed by atoms with Gasteiger partial charge in [0, 0.05) is 19.5 Å². The van der Waals surface area contributed by atoms with E-state index in [2.05, 4.69) is 31.7 Å². The molecule has 58 valence electrons. The molecule has 0 atom stereocenters. The molecule has 0 spiro atoms. The number of halogens is 1. The second-order valence-electron chi connectivity index (χ2n) is 1.38. The Bertz CT molecular complexity index is 34.1. The lowest BCUT2D eigenvalue weighted by Crippen LogP contribution is -1.93. The lowest BCUT2D eigenvalue weighted by atomic mass is 10.6. The van der Waals surface area contributed by atoms with Crippen LogP contribution >= 0.6 is 15.9 Å². The van der Waals surface area contributed by atoms with Crippen molar-refractivity contribution in [3.8, 4) is 0 Å². The summed E-state index contributed by atoms with van der Waals surface area (Å²) in [6, 6.07) is 0. The van der Waals surface area contributed by atoms with Gasteiger partial charge in [0.25, 0.3) is 0 Å². The van der Waals surface area contributed by atoms with Crippen LogP contribution in [0.5, 0.6) is 0 Å². The van der Waals surface area contributed by atoms with Gasteiger partial charge in [-0.25, -0.2) is 0 Å². The van der Waals surface area contributed by atoms with Crippen molar-refractivity contribution in [2.45, 2.75) is 13.3 Å². The Balaban J connectivity index is 0. The summed E-state index contributed by atoms with van der Waals surface area (Å²) in [6.45, 7) is 2.13. The van der Waals surface area contributed by atoms with Crippen molar-refractivity contribution in [3.63, 3.8) is 0 Å². The Kier molecular flexibility index (Phi) is 21.7. The van der Waals surface area contributed by atoms with Gasteiger partial charge in [0.1, 0.15) is 0 Å². The van der Waals surface area contributed by atoms with Gasteiger partial charge in [-0.05, 0) is 6.42 Å². The third-order valence-corrected chi connectivity index (χ3v) is 1.69. The van der Waals surface area contributed by atoms with Crippen LogP contribution in [0.1, 0.15) is 13.3 Å². The van der Waals surface area contributed by atoms with E-state index in [0.29, 0.717) is 0 Å². The van der Waals surface area contributed by atoms with Gasteiger partial charge in [-0.3, -0.25) is 0 Å². The number of alkyl halides is 1. The summed E-state index contributed by atoms with van der Waals surface area (Å²) in [5.41, 5.74) is 0. The van der Waals surface area contributed by atoms with Crippen LogP contribution in [-0.2, 0) is 8.85 Å². The molecular weight excluding hydrogens is 200 g/mol. The predicted molar refractivity (Wildman–Crippen MR) is 46.6 cm³/mol. The van der Waals surface area contributed by atoms with Crippen LogP contribution in [-0.4, -0.2) is 29.6 Å². The lowest BCUT2D eigenvalue weighted by Gasteiger charge is -1.86. The molecule has 0 unspecified atom stereocenters. The van der Waals surface area contributed by atoms with Crippen molar-refractivity contribution < 1.29 is 8.85 Å². The van der Waals surface area contributed by atoms with E-state index in [9.17, 15) is 0 Å². The molecule has 0 saturated carbocycles. The maximum absolute atomic E-state index is 4.61. The van der Waals surface area contributed by atoms with Gasteiger partial charge in [-0.2, -0.15) is 0 Å². The van der Waals surface area contributed by atoms with Gasteiger partial charge in [0.2, 0.25) is 0 Å². The number of hydrogen-bond donors (Lipinski definition) is 0. The fourth-order valence-electron chi connectivity index (χ4n) is 0.118. The second kappa shape index (κ2) is 15.8. The van der Waals surface area contributed by atoms with Crippen molar-refractivity contribution in [2.24, 2.45) is 0 Å². The van der Waals surface area contributed by atoms with E-state index in [0.717, 1.165) is 5.33 Å². The average molecular weight is 215 g/mol. The molecule has 0 N–H and O–H groups in total. The zero-order valence-corrected chi connectivity index (χ0v) is 9.32. The Morgan fingerprint density at radius 3 is 1.67 bits per heavy atom. The van der Waals surface area contributed by atoms with Crippen molar-refractivity contribution >= 4 is 25.9 Å². The largest absolute Gasteiger partial charge is 0.402 e. The van der Waals surface area contributed by atoms with Crippen molar-refractivity contribution in [1.29, 1.82) is 0 Å². The fourth-order valence-corrected chi connectivity index (χ4v) is 0.354. The van der Waals surface area contributed by atoms with Gasteiger partial charge >= 0.3 is 10.0 Å². The quantitative estimate of drug-likeness (QED) is 0.518. The second-order valence-corrected chi connectivity index (χ2v) is 3.57. The number of rotatable bonds is 3. The Hall–Kier alpha value is 0.617. The Morgan fingerprint density at radius 1 is 1.33 bits per heavy atom. The van der Waals surface area contributed by atoms with Crippen molar-refractivity contribution in [3.05, 3.63) is 0 Å². The molecule has 0 saturated heterocycles. The van der Waals surface area contributed by atoms with Crippen LogP contribution in [0.3, 0.4) is 0 Å². The van der Waals surface area contributed by atoms with E-state index in [1.165, 1.54) is 6.42 Å². The van der Waals surface area contributed by atoms with E-state index >= 15 is 0 Å².